The van der Waals surface area contributed by atoms with Crippen LogP contribution in [0.1, 0.15) is 51.0 Å². The topological polar surface area (TPSA) is 57.6 Å². The minimum absolute atomic E-state index is 0.197. The van der Waals surface area contributed by atoms with Gasteiger partial charge in [0.05, 0.1) is 11.6 Å². The summed E-state index contributed by atoms with van der Waals surface area (Å²) in [7, 11) is 0. The first-order valence-electron chi connectivity index (χ1n) is 8.87. The highest BCUT2D eigenvalue weighted by molar-refractivity contribution is 6.07. The fraction of sp³-hybridized carbons (Fsp3) is 0.500. The van der Waals surface area contributed by atoms with Crippen LogP contribution in [0.3, 0.4) is 0 Å². The zero-order valence-electron chi connectivity index (χ0n) is 14.2. The highest BCUT2D eigenvalue weighted by Gasteiger charge is 2.42. The molecule has 1 aliphatic heterocycles. The number of ketones is 1. The number of Topliss-reactive ketones (excluding diaryl/α,β-unsaturated/α-hetero) is 1. The van der Waals surface area contributed by atoms with E-state index >= 15 is 0 Å². The fourth-order valence-corrected chi connectivity index (χ4v) is 4.05. The number of rotatable bonds is 5. The van der Waals surface area contributed by atoms with Crippen LogP contribution in [0.25, 0.3) is 0 Å². The lowest BCUT2D eigenvalue weighted by molar-refractivity contribution is -0.130. The Morgan fingerprint density at radius 1 is 1.17 bits per heavy atom. The molecule has 24 heavy (non-hydrogen) atoms. The quantitative estimate of drug-likeness (QED) is 0.895. The van der Waals surface area contributed by atoms with Crippen molar-refractivity contribution < 1.29 is 14.7 Å². The van der Waals surface area contributed by atoms with Gasteiger partial charge >= 0.3 is 0 Å². The van der Waals surface area contributed by atoms with Gasteiger partial charge in [-0.2, -0.15) is 0 Å². The maximum Gasteiger partial charge on any atom is 0.290 e. The first kappa shape index (κ1) is 16.7. The van der Waals surface area contributed by atoms with E-state index in [1.807, 2.05) is 30.3 Å². The summed E-state index contributed by atoms with van der Waals surface area (Å²) in [4.78, 5) is 26.3. The number of carbonyl (C=O) groups excluding carboxylic acids is 2. The molecule has 1 unspecified atom stereocenters. The minimum atomic E-state index is -0.412. The second-order valence-electron chi connectivity index (χ2n) is 6.99. The van der Waals surface area contributed by atoms with Gasteiger partial charge in [-0.05, 0) is 24.8 Å². The molecule has 1 aliphatic carbocycles. The third-order valence-corrected chi connectivity index (χ3v) is 5.28. The summed E-state index contributed by atoms with van der Waals surface area (Å²) in [5, 5.41) is 10.2. The average molecular weight is 327 g/mol. The molecule has 1 aromatic carbocycles. The summed E-state index contributed by atoms with van der Waals surface area (Å²) >= 11 is 0. The lowest BCUT2D eigenvalue weighted by Crippen LogP contribution is -2.37. The van der Waals surface area contributed by atoms with E-state index < -0.39 is 5.91 Å². The summed E-state index contributed by atoms with van der Waals surface area (Å²) in [5.41, 5.74) is 1.32. The van der Waals surface area contributed by atoms with Gasteiger partial charge in [0.15, 0.2) is 11.5 Å². The molecule has 1 heterocycles. The highest BCUT2D eigenvalue weighted by Crippen LogP contribution is 2.35. The predicted molar refractivity (Wildman–Crippen MR) is 92.3 cm³/mol. The SMILES string of the molecule is CC(=O)C1=C(O)C(=O)N(Cc2ccccc2)C1CC1CCCCC1. The Bertz CT molecular complexity index is 644. The summed E-state index contributed by atoms with van der Waals surface area (Å²) < 4.78 is 0. The molecule has 0 saturated heterocycles. The average Bonchev–Trinajstić information content (AvgIpc) is 2.81. The zero-order valence-corrected chi connectivity index (χ0v) is 14.2. The number of hydrogen-bond acceptors (Lipinski definition) is 3. The van der Waals surface area contributed by atoms with Gasteiger partial charge in [0.25, 0.3) is 5.91 Å². The van der Waals surface area contributed by atoms with E-state index in [1.54, 1.807) is 4.90 Å². The third kappa shape index (κ3) is 3.37. The van der Waals surface area contributed by atoms with Crippen LogP contribution in [-0.2, 0) is 16.1 Å². The molecular formula is C20H25NO3. The molecule has 1 N–H and O–H groups in total. The number of nitrogens with zero attached hydrogens (tertiary/aromatic N) is 1. The van der Waals surface area contributed by atoms with Crippen LogP contribution >= 0.6 is 0 Å². The molecule has 4 heteroatoms. The molecule has 0 radical (unpaired) electrons. The Balaban J connectivity index is 1.84. The van der Waals surface area contributed by atoms with E-state index in [-0.39, 0.29) is 17.6 Å². The maximum atomic E-state index is 12.5. The van der Waals surface area contributed by atoms with Crippen LogP contribution in [0.15, 0.2) is 41.7 Å². The van der Waals surface area contributed by atoms with E-state index in [1.165, 1.54) is 26.2 Å². The molecule has 128 valence electrons. The van der Waals surface area contributed by atoms with Crippen molar-refractivity contribution in [2.24, 2.45) is 5.92 Å². The Labute approximate surface area is 143 Å². The van der Waals surface area contributed by atoms with E-state index in [4.69, 9.17) is 0 Å². The molecule has 0 aromatic heterocycles. The Kier molecular flexibility index (Phi) is 5.03. The Morgan fingerprint density at radius 3 is 2.46 bits per heavy atom. The highest BCUT2D eigenvalue weighted by atomic mass is 16.3. The molecule has 1 amide bonds. The molecule has 1 aromatic rings. The molecule has 1 atom stereocenters. The first-order valence-corrected chi connectivity index (χ1v) is 8.87. The second-order valence-corrected chi connectivity index (χ2v) is 6.99. The molecule has 0 bridgehead atoms. The number of carbonyl (C=O) groups is 2. The molecule has 4 nitrogen and oxygen atoms in total. The van der Waals surface area contributed by atoms with Crippen LogP contribution in [0.2, 0.25) is 0 Å². The summed E-state index contributed by atoms with van der Waals surface area (Å²) in [5.74, 6) is -0.434. The first-order chi connectivity index (χ1) is 11.6. The van der Waals surface area contributed by atoms with Gasteiger partial charge in [0, 0.05) is 6.54 Å². The van der Waals surface area contributed by atoms with Crippen molar-refractivity contribution in [2.75, 3.05) is 0 Å². The van der Waals surface area contributed by atoms with Gasteiger partial charge in [0.1, 0.15) is 0 Å². The molecule has 2 aliphatic rings. The molecule has 1 fully saturated rings. The predicted octanol–water partition coefficient (Wildman–Crippen LogP) is 3.77. The normalized spacial score (nSPS) is 22.3. The lowest BCUT2D eigenvalue weighted by atomic mass is 9.83. The standard InChI is InChI=1S/C20H25NO3/c1-14(22)18-17(12-15-8-4-2-5-9-15)21(20(24)19(18)23)13-16-10-6-3-7-11-16/h3,6-7,10-11,15,17,23H,2,4-5,8-9,12-13H2,1H3. The molecular weight excluding hydrogens is 302 g/mol. The smallest absolute Gasteiger partial charge is 0.290 e. The van der Waals surface area contributed by atoms with Crippen LogP contribution in [0.4, 0.5) is 0 Å². The van der Waals surface area contributed by atoms with Gasteiger partial charge in [-0.25, -0.2) is 0 Å². The van der Waals surface area contributed by atoms with Gasteiger partial charge in [-0.15, -0.1) is 0 Å². The van der Waals surface area contributed by atoms with Crippen LogP contribution in [-0.4, -0.2) is 27.7 Å². The van der Waals surface area contributed by atoms with Crippen molar-refractivity contribution >= 4 is 11.7 Å². The summed E-state index contributed by atoms with van der Waals surface area (Å²) in [6, 6.07) is 9.45. The van der Waals surface area contributed by atoms with Gasteiger partial charge in [-0.3, -0.25) is 9.59 Å². The van der Waals surface area contributed by atoms with Crippen LogP contribution in [0, 0.1) is 5.92 Å². The molecule has 0 spiro atoms. The summed E-state index contributed by atoms with van der Waals surface area (Å²) in [6.45, 7) is 1.87. The van der Waals surface area contributed by atoms with Crippen molar-refractivity contribution in [3.8, 4) is 0 Å². The van der Waals surface area contributed by atoms with Crippen LogP contribution in [0.5, 0.6) is 0 Å². The third-order valence-electron chi connectivity index (χ3n) is 5.28. The van der Waals surface area contributed by atoms with Crippen molar-refractivity contribution in [3.63, 3.8) is 0 Å². The van der Waals surface area contributed by atoms with Crippen molar-refractivity contribution in [2.45, 2.75) is 58.0 Å². The lowest BCUT2D eigenvalue weighted by Gasteiger charge is -2.31. The van der Waals surface area contributed by atoms with E-state index in [2.05, 4.69) is 0 Å². The van der Waals surface area contributed by atoms with Crippen LogP contribution < -0.4 is 0 Å². The van der Waals surface area contributed by atoms with E-state index in [0.717, 1.165) is 24.8 Å². The Hall–Kier alpha value is -2.10. The van der Waals surface area contributed by atoms with Gasteiger partial charge in [-0.1, -0.05) is 62.4 Å². The number of aliphatic hydroxyl groups excluding tert-OH is 1. The van der Waals surface area contributed by atoms with Gasteiger partial charge < -0.3 is 10.0 Å². The van der Waals surface area contributed by atoms with Crippen molar-refractivity contribution in [1.82, 2.24) is 4.90 Å². The number of amides is 1. The minimum Gasteiger partial charge on any atom is -0.503 e. The second kappa shape index (κ2) is 7.20. The molecule has 1 saturated carbocycles. The zero-order chi connectivity index (χ0) is 17.1. The Morgan fingerprint density at radius 2 is 1.83 bits per heavy atom. The van der Waals surface area contributed by atoms with E-state index in [0.29, 0.717) is 18.0 Å². The number of benzene rings is 1. The van der Waals surface area contributed by atoms with Crippen molar-refractivity contribution in [1.29, 1.82) is 0 Å². The van der Waals surface area contributed by atoms with Gasteiger partial charge in [0.2, 0.25) is 0 Å². The van der Waals surface area contributed by atoms with Crippen molar-refractivity contribution in [3.05, 3.63) is 47.2 Å². The fourth-order valence-electron chi connectivity index (χ4n) is 4.05. The summed E-state index contributed by atoms with van der Waals surface area (Å²) in [6.07, 6.45) is 6.78. The molecule has 3 rings (SSSR count). The largest absolute Gasteiger partial charge is 0.503 e. The number of hydrogen-bond donors (Lipinski definition) is 1. The maximum absolute atomic E-state index is 12.5. The monoisotopic (exact) mass is 327 g/mol. The number of aliphatic hydroxyl groups is 1. The van der Waals surface area contributed by atoms with E-state index in [9.17, 15) is 14.7 Å².